The van der Waals surface area contributed by atoms with E-state index in [1.807, 2.05) is 103 Å². The molecule has 0 spiro atoms. The van der Waals surface area contributed by atoms with Crippen molar-refractivity contribution in [3.05, 3.63) is 268 Å². The van der Waals surface area contributed by atoms with Crippen molar-refractivity contribution < 1.29 is 38.1 Å². The predicted octanol–water partition coefficient (Wildman–Crippen LogP) is 25.0. The van der Waals surface area contributed by atoms with E-state index in [9.17, 15) is 9.59 Å². The summed E-state index contributed by atoms with van der Waals surface area (Å²) in [5.41, 5.74) is 14.8. The molecule has 1 N–H and O–H groups in total. The minimum atomic E-state index is -1.22. The van der Waals surface area contributed by atoms with Gasteiger partial charge in [-0.05, 0) is 240 Å². The first-order chi connectivity index (χ1) is 52.2. The zero-order valence-electron chi connectivity index (χ0n) is 63.6. The first-order valence-corrected chi connectivity index (χ1v) is 39.9. The molecule has 1 atom stereocenters. The van der Waals surface area contributed by atoms with Gasteiger partial charge in [0.15, 0.2) is 17.1 Å². The Hall–Kier alpha value is -9.99. The Morgan fingerprint density at radius 1 is 0.505 bits per heavy atom. The Bertz CT molecular complexity index is 4850. The molecule has 5 aliphatic rings. The molecule has 15 rings (SSSR count). The van der Waals surface area contributed by atoms with Gasteiger partial charge in [-0.25, -0.2) is 4.79 Å². The molecule has 1 amide bonds. The van der Waals surface area contributed by atoms with Crippen molar-refractivity contribution in [3.8, 4) is 62.1 Å². The van der Waals surface area contributed by atoms with Crippen molar-refractivity contribution in [2.75, 3.05) is 19.5 Å². The average molecular weight is 1420 g/mol. The number of carbonyl (C=O) groups excluding carboxylic acids is 3. The molecule has 9 nitrogen and oxygen atoms in total. The molecule has 0 bridgehead atoms. The van der Waals surface area contributed by atoms with Crippen molar-refractivity contribution in [3.63, 3.8) is 0 Å². The second-order valence-corrected chi connectivity index (χ2v) is 31.9. The van der Waals surface area contributed by atoms with Gasteiger partial charge >= 0.3 is 11.9 Å². The van der Waals surface area contributed by atoms with Crippen LogP contribution in [0.15, 0.2) is 212 Å². The van der Waals surface area contributed by atoms with E-state index in [0.717, 1.165) is 127 Å². The van der Waals surface area contributed by atoms with Gasteiger partial charge in [0.2, 0.25) is 0 Å². The zero-order valence-corrected chi connectivity index (χ0v) is 63.6. The minimum Gasteiger partial charge on any atom is -0.497 e. The lowest BCUT2D eigenvalue weighted by Gasteiger charge is -2.41. The molecule has 548 valence electrons. The summed E-state index contributed by atoms with van der Waals surface area (Å²) in [5, 5.41) is 4.80. The van der Waals surface area contributed by atoms with E-state index in [1.54, 1.807) is 20.3 Å². The van der Waals surface area contributed by atoms with Crippen LogP contribution in [0.5, 0.6) is 28.7 Å². The number of aryl methyl sites for hydroxylation is 1. The van der Waals surface area contributed by atoms with Gasteiger partial charge in [0.1, 0.15) is 17.2 Å². The third-order valence-electron chi connectivity index (χ3n) is 24.9. The lowest BCUT2D eigenvalue weighted by Crippen LogP contribution is -2.36. The normalized spacial score (nSPS) is 20.7. The van der Waals surface area contributed by atoms with Crippen molar-refractivity contribution in [2.45, 2.75) is 180 Å². The molecular weight excluding hydrogens is 1320 g/mol. The van der Waals surface area contributed by atoms with E-state index in [2.05, 4.69) is 143 Å². The number of hydrogen-bond donors (Lipinski definition) is 1. The highest BCUT2D eigenvalue weighted by Crippen LogP contribution is 2.62. The fourth-order valence-electron chi connectivity index (χ4n) is 18.7. The molecule has 9 heteroatoms. The highest BCUT2D eigenvalue weighted by molar-refractivity contribution is 6.12. The number of rotatable bonds is 23. The number of unbranched alkanes of at least 4 members (excludes halogenated alkanes) is 4. The molecule has 0 aromatic heterocycles. The van der Waals surface area contributed by atoms with E-state index in [4.69, 9.17) is 23.7 Å². The number of esters is 2. The summed E-state index contributed by atoms with van der Waals surface area (Å²) >= 11 is 0. The monoisotopic (exact) mass is 1420 g/mol. The quantitative estimate of drug-likeness (QED) is 0.0383. The molecule has 1 heterocycles. The number of methoxy groups -OCH3 is 2. The predicted molar refractivity (Wildman–Crippen MR) is 433 cm³/mol. The minimum absolute atomic E-state index is 0.100. The number of fused-ring (bicyclic) bond motifs is 8. The van der Waals surface area contributed by atoms with Crippen LogP contribution >= 0.6 is 0 Å². The summed E-state index contributed by atoms with van der Waals surface area (Å²) in [5.74, 6) is 5.32. The molecule has 0 radical (unpaired) electrons. The molecule has 1 aliphatic heterocycles. The topological polar surface area (TPSA) is 109 Å². The number of hydrogen-bond acceptors (Lipinski definition) is 8. The van der Waals surface area contributed by atoms with Gasteiger partial charge in [-0.3, -0.25) is 9.59 Å². The summed E-state index contributed by atoms with van der Waals surface area (Å²) in [6, 6.07) is 69.2. The largest absolute Gasteiger partial charge is 0.497 e. The van der Waals surface area contributed by atoms with Crippen LogP contribution in [0, 0.1) is 36.5 Å². The molecule has 10 aromatic rings. The van der Waals surface area contributed by atoms with Crippen LogP contribution in [0.4, 0.5) is 5.69 Å². The van der Waals surface area contributed by atoms with Crippen molar-refractivity contribution in [1.29, 1.82) is 0 Å². The Morgan fingerprint density at radius 3 is 1.68 bits per heavy atom. The second kappa shape index (κ2) is 31.8. The fraction of sp³-hybridized carbons (Fsp3) is 0.357. The number of ether oxygens (including phenoxy) is 5. The first kappa shape index (κ1) is 72.6. The van der Waals surface area contributed by atoms with E-state index >= 15 is 4.79 Å². The number of carbonyl (C=O) groups is 3. The van der Waals surface area contributed by atoms with Crippen LogP contribution in [-0.4, -0.2) is 32.1 Å². The van der Waals surface area contributed by atoms with Gasteiger partial charge < -0.3 is 29.0 Å². The fourth-order valence-corrected chi connectivity index (χ4v) is 18.7. The number of nitrogens with one attached hydrogen (secondary N) is 1. The molecule has 10 aromatic carbocycles. The van der Waals surface area contributed by atoms with Crippen molar-refractivity contribution in [2.24, 2.45) is 29.6 Å². The summed E-state index contributed by atoms with van der Waals surface area (Å²) in [6.07, 6.45) is 27.6. The Kier molecular flexibility index (Phi) is 21.6. The Morgan fingerprint density at radius 2 is 1.06 bits per heavy atom. The molecule has 0 saturated heterocycles. The molecular formula is C98H103NO8. The smallest absolute Gasteiger partial charge is 0.344 e. The summed E-state index contributed by atoms with van der Waals surface area (Å²) in [4.78, 5) is 43.1. The lowest BCUT2D eigenvalue weighted by atomic mass is 9.68. The zero-order chi connectivity index (χ0) is 73.8. The van der Waals surface area contributed by atoms with Crippen LogP contribution in [0.2, 0.25) is 0 Å². The van der Waals surface area contributed by atoms with E-state index < -0.39 is 17.0 Å². The van der Waals surface area contributed by atoms with Crippen LogP contribution in [-0.2, 0) is 15.8 Å². The molecule has 3 saturated carbocycles. The van der Waals surface area contributed by atoms with Gasteiger partial charge in [0, 0.05) is 38.7 Å². The van der Waals surface area contributed by atoms with Crippen LogP contribution < -0.4 is 29.0 Å². The van der Waals surface area contributed by atoms with Gasteiger partial charge in [0.25, 0.3) is 5.91 Å². The maximum Gasteiger partial charge on any atom is 0.344 e. The van der Waals surface area contributed by atoms with Crippen LogP contribution in [0.1, 0.15) is 227 Å². The number of benzene rings is 10. The summed E-state index contributed by atoms with van der Waals surface area (Å²) in [6.45, 7) is 11.2. The third kappa shape index (κ3) is 15.0. The number of amides is 1. The van der Waals surface area contributed by atoms with Gasteiger partial charge in [-0.2, -0.15) is 0 Å². The third-order valence-corrected chi connectivity index (χ3v) is 24.9. The van der Waals surface area contributed by atoms with Crippen LogP contribution in [0.3, 0.4) is 0 Å². The second-order valence-electron chi connectivity index (χ2n) is 31.9. The highest BCUT2D eigenvalue weighted by Gasteiger charge is 2.47. The first-order valence-electron chi connectivity index (χ1n) is 39.9. The highest BCUT2D eigenvalue weighted by atomic mass is 16.6. The van der Waals surface area contributed by atoms with E-state index in [0.29, 0.717) is 57.2 Å². The van der Waals surface area contributed by atoms with E-state index in [-0.39, 0.29) is 23.5 Å². The van der Waals surface area contributed by atoms with E-state index in [1.165, 1.54) is 108 Å². The molecule has 107 heavy (non-hydrogen) atoms. The van der Waals surface area contributed by atoms with Crippen molar-refractivity contribution in [1.82, 2.24) is 0 Å². The van der Waals surface area contributed by atoms with Gasteiger partial charge in [-0.1, -0.05) is 237 Å². The average Bonchev–Trinajstić information content (AvgIpc) is 1.58. The number of anilines is 1. The van der Waals surface area contributed by atoms with Crippen LogP contribution in [0.25, 0.3) is 49.7 Å². The summed E-state index contributed by atoms with van der Waals surface area (Å²) in [7, 11) is 3.27. The molecule has 1 unspecified atom stereocenters. The Labute approximate surface area is 633 Å². The maximum atomic E-state index is 15.1. The maximum absolute atomic E-state index is 15.1. The SMILES string of the molecule is CCCCC[C@H]1CC[C@H](c2ccc(-c3ccc(C(=O)Nc4ccc(C5=CC(c6ccc(C)cc6)(c6ccc(OC)cc6)Oc6c5c5c(c7cc(OC(=O)c8ccccc8-c8ccc(OC(=O)[C@H]9CC[C@H]([C@H]%10CC[C@H](CCCCC)CC%10)CC9)cc8)c(OC)cc67)-c6ccccc6C5(C)C)cc4)cc3)cc2)CC1. The van der Waals surface area contributed by atoms with Gasteiger partial charge in [-0.15, -0.1) is 0 Å². The summed E-state index contributed by atoms with van der Waals surface area (Å²) < 4.78 is 32.8. The standard InChI is InChI=1S/C98H103NO8/c1-8-10-12-18-64-26-30-66(31-27-64)68-34-36-69(37-35-68)70-38-42-74(43-39-70)94(100)99-78-54-46-73(47-55-78)86-62-98(76-50-24-63(3)25-51-76,77-52-58-79(103-6)59-53-77)107-93-85-61-88(104-7)89(60-84(85)90-83-22-16-17-23-87(83)97(4,5)92(90)91(86)93)106-96(102)82-21-15-14-20-81(82)72-48-56-80(57-49-72)105-95(101)75-44-40-71(41-45-75)67-32-28-65(29-33-67)19-13-11-9-2/h14-17,20-25,34-39,42-43,46-62,64-67,71,75H,8-13,18-19,26-33,40-41,44-45H2,1-7H3,(H,99,100)/t64-,65-,66-,67-,71-,75-,98?. The van der Waals surface area contributed by atoms with Gasteiger partial charge in [0.05, 0.1) is 25.7 Å². The molecule has 3 fully saturated rings. The lowest BCUT2D eigenvalue weighted by molar-refractivity contribution is -0.140. The Balaban J connectivity index is 0.727. The molecule has 4 aliphatic carbocycles. The van der Waals surface area contributed by atoms with Crippen molar-refractivity contribution >= 4 is 39.9 Å².